The summed E-state index contributed by atoms with van der Waals surface area (Å²) in [6, 6.07) is 17.6. The predicted octanol–water partition coefficient (Wildman–Crippen LogP) is 4.17. The van der Waals surface area contributed by atoms with Gasteiger partial charge >= 0.3 is 0 Å². The summed E-state index contributed by atoms with van der Waals surface area (Å²) < 4.78 is 38.8. The summed E-state index contributed by atoms with van der Waals surface area (Å²) >= 11 is 1.63. The normalized spacial score (nSPS) is 11.0. The highest BCUT2D eigenvalue weighted by Gasteiger charge is 2.34. The molecule has 0 aliphatic carbocycles. The Bertz CT molecular complexity index is 1380. The van der Waals surface area contributed by atoms with Crippen LogP contribution in [0.4, 0.5) is 11.4 Å². The van der Waals surface area contributed by atoms with Crippen LogP contribution in [0, 0.1) is 17.0 Å². The number of sulfonamides is 1. The molecule has 0 radical (unpaired) electrons. The summed E-state index contributed by atoms with van der Waals surface area (Å²) in [4.78, 5) is 23.2. The molecule has 0 atom stereocenters. The number of benzene rings is 3. The lowest BCUT2D eigenvalue weighted by molar-refractivity contribution is -0.387. The maximum absolute atomic E-state index is 13.7. The number of nitro benzene ring substituents is 1. The van der Waals surface area contributed by atoms with Crippen molar-refractivity contribution in [3.05, 3.63) is 88.0 Å². The first-order chi connectivity index (χ1) is 18.2. The molecule has 1 N–H and O–H groups in total. The molecular weight excluding hydrogens is 530 g/mol. The molecule has 0 aromatic heterocycles. The zero-order valence-corrected chi connectivity index (χ0v) is 22.9. The minimum Gasteiger partial charge on any atom is -0.497 e. The highest BCUT2D eigenvalue weighted by molar-refractivity contribution is 7.98. The van der Waals surface area contributed by atoms with Crippen LogP contribution in [0.25, 0.3) is 0 Å². The Morgan fingerprint density at radius 1 is 1.05 bits per heavy atom. The van der Waals surface area contributed by atoms with E-state index in [0.717, 1.165) is 22.2 Å². The van der Waals surface area contributed by atoms with Gasteiger partial charge in [0.25, 0.3) is 15.7 Å². The number of amides is 1. The molecule has 0 saturated heterocycles. The van der Waals surface area contributed by atoms with Crippen LogP contribution < -0.4 is 19.1 Å². The number of hydrogen-bond donors (Lipinski definition) is 1. The number of anilines is 1. The van der Waals surface area contributed by atoms with E-state index in [1.807, 2.05) is 19.1 Å². The van der Waals surface area contributed by atoms with E-state index < -0.39 is 38.0 Å². The molecule has 0 spiro atoms. The second kappa shape index (κ2) is 13.2. The monoisotopic (exact) mass is 559 g/mol. The Morgan fingerprint density at radius 2 is 1.76 bits per heavy atom. The van der Waals surface area contributed by atoms with Crippen molar-refractivity contribution in [2.24, 2.45) is 0 Å². The molecule has 3 rings (SSSR count). The van der Waals surface area contributed by atoms with Crippen molar-refractivity contribution < 1.29 is 27.6 Å². The van der Waals surface area contributed by atoms with Gasteiger partial charge < -0.3 is 14.8 Å². The van der Waals surface area contributed by atoms with E-state index in [-0.39, 0.29) is 11.4 Å². The molecule has 202 valence electrons. The van der Waals surface area contributed by atoms with Crippen molar-refractivity contribution in [1.29, 1.82) is 0 Å². The third kappa shape index (κ3) is 7.17. The fourth-order valence-corrected chi connectivity index (χ4v) is 5.97. The van der Waals surface area contributed by atoms with Gasteiger partial charge in [-0.15, -0.1) is 0 Å². The SMILES string of the molecule is COc1ccc(N(CC(=O)NCCSCc2ccc(C)cc2)S(=O)(=O)c2ccccc2[N+](=O)[O-])c(OC)c1. The zero-order valence-electron chi connectivity index (χ0n) is 21.2. The molecule has 0 saturated carbocycles. The van der Waals surface area contributed by atoms with Crippen molar-refractivity contribution in [2.45, 2.75) is 17.6 Å². The first kappa shape index (κ1) is 28.8. The smallest absolute Gasteiger partial charge is 0.289 e. The number of carbonyl (C=O) groups excluding carboxylic acids is 1. The van der Waals surface area contributed by atoms with E-state index in [0.29, 0.717) is 18.0 Å². The summed E-state index contributed by atoms with van der Waals surface area (Å²) in [5.74, 6) is 1.34. The van der Waals surface area contributed by atoms with Crippen molar-refractivity contribution in [3.8, 4) is 11.5 Å². The summed E-state index contributed by atoms with van der Waals surface area (Å²) in [6.45, 7) is 1.72. The lowest BCUT2D eigenvalue weighted by Gasteiger charge is -2.25. The van der Waals surface area contributed by atoms with E-state index in [4.69, 9.17) is 9.47 Å². The van der Waals surface area contributed by atoms with Gasteiger partial charge in [-0.05, 0) is 30.7 Å². The Labute approximate surface area is 226 Å². The number of nitrogens with zero attached hydrogens (tertiary/aromatic N) is 2. The predicted molar refractivity (Wildman–Crippen MR) is 148 cm³/mol. The molecule has 0 aliphatic heterocycles. The molecule has 1 amide bonds. The molecule has 12 heteroatoms. The number of rotatable bonds is 13. The standard InChI is InChI=1S/C26H29N3O7S2/c1-19-8-10-20(11-9-19)18-37-15-14-27-26(30)17-28(22-13-12-21(35-2)16-24(22)36-3)38(33,34)25-7-5-4-6-23(25)29(31)32/h4-13,16H,14-15,17-18H2,1-3H3,(H,27,30). The largest absolute Gasteiger partial charge is 0.497 e. The van der Waals surface area contributed by atoms with E-state index in [2.05, 4.69) is 17.4 Å². The number of para-hydroxylation sites is 1. The van der Waals surface area contributed by atoms with Gasteiger partial charge in [-0.2, -0.15) is 11.8 Å². The second-order valence-electron chi connectivity index (χ2n) is 8.16. The van der Waals surface area contributed by atoms with Gasteiger partial charge in [-0.25, -0.2) is 8.42 Å². The fraction of sp³-hybridized carbons (Fsp3) is 0.269. The molecule has 0 heterocycles. The van der Waals surface area contributed by atoms with Crippen LogP contribution in [0.2, 0.25) is 0 Å². The number of carbonyl (C=O) groups is 1. The Balaban J connectivity index is 1.81. The van der Waals surface area contributed by atoms with Gasteiger partial charge in [-0.3, -0.25) is 19.2 Å². The van der Waals surface area contributed by atoms with Crippen molar-refractivity contribution in [1.82, 2.24) is 5.32 Å². The van der Waals surface area contributed by atoms with Crippen LogP contribution >= 0.6 is 11.8 Å². The third-order valence-electron chi connectivity index (χ3n) is 5.53. The number of nitro groups is 1. The highest BCUT2D eigenvalue weighted by atomic mass is 32.2. The Kier molecular flexibility index (Phi) is 9.97. The third-order valence-corrected chi connectivity index (χ3v) is 8.37. The quantitative estimate of drug-likeness (QED) is 0.188. The maximum Gasteiger partial charge on any atom is 0.289 e. The molecule has 38 heavy (non-hydrogen) atoms. The molecule has 3 aromatic carbocycles. The van der Waals surface area contributed by atoms with Gasteiger partial charge in [-0.1, -0.05) is 42.0 Å². The summed E-state index contributed by atoms with van der Waals surface area (Å²) in [6.07, 6.45) is 0. The van der Waals surface area contributed by atoms with Crippen LogP contribution in [-0.4, -0.2) is 52.3 Å². The van der Waals surface area contributed by atoms with Gasteiger partial charge in [0, 0.05) is 30.2 Å². The van der Waals surface area contributed by atoms with Crippen LogP contribution in [0.5, 0.6) is 11.5 Å². The fourth-order valence-electron chi connectivity index (χ4n) is 3.56. The Morgan fingerprint density at radius 3 is 2.42 bits per heavy atom. The van der Waals surface area contributed by atoms with E-state index in [1.54, 1.807) is 11.8 Å². The van der Waals surface area contributed by atoms with Gasteiger partial charge in [0.05, 0.1) is 24.8 Å². The number of ether oxygens (including phenoxy) is 2. The molecular formula is C26H29N3O7S2. The molecule has 0 aliphatic rings. The van der Waals surface area contributed by atoms with Crippen molar-refractivity contribution in [2.75, 3.05) is 37.4 Å². The average molecular weight is 560 g/mol. The number of thioether (sulfide) groups is 1. The summed E-state index contributed by atoms with van der Waals surface area (Å²) in [7, 11) is -1.76. The van der Waals surface area contributed by atoms with E-state index >= 15 is 0 Å². The zero-order chi connectivity index (χ0) is 27.7. The first-order valence-corrected chi connectivity index (χ1v) is 14.1. The van der Waals surface area contributed by atoms with Crippen molar-refractivity contribution >= 4 is 39.1 Å². The number of aryl methyl sites for hydroxylation is 1. The summed E-state index contributed by atoms with van der Waals surface area (Å²) in [5.41, 5.74) is 1.79. The lowest BCUT2D eigenvalue weighted by atomic mass is 10.2. The van der Waals surface area contributed by atoms with Gasteiger partial charge in [0.1, 0.15) is 18.0 Å². The van der Waals surface area contributed by atoms with Crippen LogP contribution in [0.3, 0.4) is 0 Å². The first-order valence-electron chi connectivity index (χ1n) is 11.6. The minimum absolute atomic E-state index is 0.0374. The summed E-state index contributed by atoms with van der Waals surface area (Å²) in [5, 5.41) is 14.3. The average Bonchev–Trinajstić information content (AvgIpc) is 2.92. The van der Waals surface area contributed by atoms with Crippen LogP contribution in [-0.2, 0) is 20.6 Å². The Hall–Kier alpha value is -3.77. The molecule has 0 fully saturated rings. The minimum atomic E-state index is -4.55. The molecule has 10 nitrogen and oxygen atoms in total. The van der Waals surface area contributed by atoms with Crippen molar-refractivity contribution in [3.63, 3.8) is 0 Å². The molecule has 0 unspecified atom stereocenters. The number of nitrogens with one attached hydrogen (secondary N) is 1. The lowest BCUT2D eigenvalue weighted by Crippen LogP contribution is -2.41. The second-order valence-corrected chi connectivity index (χ2v) is 11.1. The van der Waals surface area contributed by atoms with Gasteiger partial charge in [0.15, 0.2) is 4.90 Å². The van der Waals surface area contributed by atoms with E-state index in [9.17, 15) is 23.3 Å². The topological polar surface area (TPSA) is 128 Å². The highest BCUT2D eigenvalue weighted by Crippen LogP contribution is 2.37. The van der Waals surface area contributed by atoms with Crippen LogP contribution in [0.15, 0.2) is 71.6 Å². The molecule has 3 aromatic rings. The maximum atomic E-state index is 13.7. The van der Waals surface area contributed by atoms with Gasteiger partial charge in [0.2, 0.25) is 5.91 Å². The number of hydrogen-bond acceptors (Lipinski definition) is 8. The number of methoxy groups -OCH3 is 2. The van der Waals surface area contributed by atoms with E-state index in [1.165, 1.54) is 55.7 Å². The van der Waals surface area contributed by atoms with Crippen LogP contribution in [0.1, 0.15) is 11.1 Å². The molecule has 0 bridgehead atoms.